The molecule has 0 saturated heterocycles. The summed E-state index contributed by atoms with van der Waals surface area (Å²) in [7, 11) is 1.71. The van der Waals surface area contributed by atoms with E-state index in [9.17, 15) is 14.9 Å². The molecule has 4 aromatic rings. The molecule has 0 aliphatic heterocycles. The van der Waals surface area contributed by atoms with Gasteiger partial charge in [-0.05, 0) is 40.8 Å². The Hall–Kier alpha value is -4.60. The molecule has 1 heterocycles. The van der Waals surface area contributed by atoms with Gasteiger partial charge in [0.25, 0.3) is 11.6 Å². The first-order valence-electron chi connectivity index (χ1n) is 9.17. The van der Waals surface area contributed by atoms with Crippen LogP contribution in [0.4, 0.5) is 11.4 Å². The minimum absolute atomic E-state index is 0.0313. The fourth-order valence-electron chi connectivity index (χ4n) is 2.92. The van der Waals surface area contributed by atoms with Crippen molar-refractivity contribution >= 4 is 17.3 Å². The van der Waals surface area contributed by atoms with Crippen LogP contribution in [0.15, 0.2) is 72.8 Å². The number of nitro benzene ring substituents is 1. The predicted octanol–water partition coefficient (Wildman–Crippen LogP) is 3.83. The SMILES string of the molecule is Cn1nnnc1-c1cccc(NC(=O)c2cc([N+](=O)[O-])ccc2Oc2ccccc2)c1. The molecule has 0 aliphatic rings. The third kappa shape index (κ3) is 4.37. The lowest BCUT2D eigenvalue weighted by Gasteiger charge is -2.12. The van der Waals surface area contributed by atoms with Gasteiger partial charge in [-0.2, -0.15) is 0 Å². The summed E-state index contributed by atoms with van der Waals surface area (Å²) in [5.41, 5.74) is 0.987. The van der Waals surface area contributed by atoms with Gasteiger partial charge in [0.1, 0.15) is 11.5 Å². The summed E-state index contributed by atoms with van der Waals surface area (Å²) in [5, 5.41) is 25.3. The molecule has 3 aromatic carbocycles. The maximum Gasteiger partial charge on any atom is 0.270 e. The zero-order chi connectivity index (χ0) is 21.8. The fourth-order valence-corrected chi connectivity index (χ4v) is 2.92. The van der Waals surface area contributed by atoms with Crippen LogP contribution in [-0.4, -0.2) is 31.0 Å². The van der Waals surface area contributed by atoms with Crippen molar-refractivity contribution in [2.75, 3.05) is 5.32 Å². The molecular weight excluding hydrogens is 400 g/mol. The monoisotopic (exact) mass is 416 g/mol. The van der Waals surface area contributed by atoms with Gasteiger partial charge in [0.2, 0.25) is 0 Å². The molecule has 1 amide bonds. The van der Waals surface area contributed by atoms with Crippen molar-refractivity contribution < 1.29 is 14.5 Å². The number of benzene rings is 3. The molecule has 0 radical (unpaired) electrons. The van der Waals surface area contributed by atoms with E-state index in [1.165, 1.54) is 22.9 Å². The van der Waals surface area contributed by atoms with Crippen LogP contribution in [-0.2, 0) is 7.05 Å². The summed E-state index contributed by atoms with van der Waals surface area (Å²) in [6.07, 6.45) is 0. The summed E-state index contributed by atoms with van der Waals surface area (Å²) in [4.78, 5) is 23.7. The summed E-state index contributed by atoms with van der Waals surface area (Å²) in [6.45, 7) is 0. The molecule has 0 aliphatic carbocycles. The van der Waals surface area contributed by atoms with E-state index in [2.05, 4.69) is 20.8 Å². The largest absolute Gasteiger partial charge is 0.457 e. The van der Waals surface area contributed by atoms with Crippen molar-refractivity contribution in [1.82, 2.24) is 20.2 Å². The lowest BCUT2D eigenvalue weighted by molar-refractivity contribution is -0.384. The van der Waals surface area contributed by atoms with Gasteiger partial charge in [0, 0.05) is 30.4 Å². The number of carbonyl (C=O) groups excluding carboxylic acids is 1. The van der Waals surface area contributed by atoms with Crippen molar-refractivity contribution in [2.24, 2.45) is 7.05 Å². The number of non-ortho nitro benzene ring substituents is 1. The van der Waals surface area contributed by atoms with Crippen LogP contribution in [0.3, 0.4) is 0 Å². The molecule has 1 N–H and O–H groups in total. The Bertz CT molecular complexity index is 1260. The Balaban J connectivity index is 1.65. The van der Waals surface area contributed by atoms with Crippen LogP contribution >= 0.6 is 0 Å². The number of hydrogen-bond acceptors (Lipinski definition) is 7. The highest BCUT2D eigenvalue weighted by atomic mass is 16.6. The number of nitrogens with one attached hydrogen (secondary N) is 1. The van der Waals surface area contributed by atoms with Gasteiger partial charge in [-0.15, -0.1) is 5.10 Å². The number of anilines is 1. The second-order valence-electron chi connectivity index (χ2n) is 6.51. The molecule has 4 rings (SSSR count). The molecule has 154 valence electrons. The molecule has 0 saturated carbocycles. The van der Waals surface area contributed by atoms with Crippen LogP contribution < -0.4 is 10.1 Å². The van der Waals surface area contributed by atoms with Crippen LogP contribution in [0.1, 0.15) is 10.4 Å². The number of rotatable bonds is 6. The second kappa shape index (κ2) is 8.41. The number of ether oxygens (including phenoxy) is 1. The highest BCUT2D eigenvalue weighted by molar-refractivity contribution is 6.06. The normalized spacial score (nSPS) is 10.5. The fraction of sp³-hybridized carbons (Fsp3) is 0.0476. The number of amides is 1. The standard InChI is InChI=1S/C21H16N6O4/c1-26-20(23-24-25-26)14-6-5-7-15(12-14)22-21(28)18-13-16(27(29)30)10-11-19(18)31-17-8-3-2-4-9-17/h2-13H,1H3,(H,22,28). The number of nitrogens with zero attached hydrogens (tertiary/aromatic N) is 5. The number of nitro groups is 1. The van der Waals surface area contributed by atoms with E-state index >= 15 is 0 Å². The number of hydrogen-bond donors (Lipinski definition) is 1. The quantitative estimate of drug-likeness (QED) is 0.374. The number of aromatic nitrogens is 4. The van der Waals surface area contributed by atoms with Gasteiger partial charge < -0.3 is 10.1 Å². The van der Waals surface area contributed by atoms with E-state index in [-0.39, 0.29) is 17.0 Å². The van der Waals surface area contributed by atoms with Crippen LogP contribution in [0.5, 0.6) is 11.5 Å². The summed E-state index contributed by atoms with van der Waals surface area (Å²) in [5.74, 6) is 0.674. The Labute approximate surface area is 176 Å². The number of carbonyl (C=O) groups is 1. The number of aryl methyl sites for hydroxylation is 1. The van der Waals surface area contributed by atoms with Crippen LogP contribution in [0.25, 0.3) is 11.4 Å². The summed E-state index contributed by atoms with van der Waals surface area (Å²) in [6, 6.07) is 19.7. The Kier molecular flexibility index (Phi) is 5.35. The maximum absolute atomic E-state index is 13.0. The van der Waals surface area contributed by atoms with Gasteiger partial charge in [-0.3, -0.25) is 14.9 Å². The summed E-state index contributed by atoms with van der Waals surface area (Å²) >= 11 is 0. The van der Waals surface area contributed by atoms with Crippen molar-refractivity contribution in [3.8, 4) is 22.9 Å². The van der Waals surface area contributed by atoms with Crippen molar-refractivity contribution in [2.45, 2.75) is 0 Å². The Morgan fingerprint density at radius 2 is 1.87 bits per heavy atom. The minimum atomic E-state index is -0.565. The molecule has 1 aromatic heterocycles. The lowest BCUT2D eigenvalue weighted by atomic mass is 10.1. The van der Waals surface area contributed by atoms with Gasteiger partial charge in [0.05, 0.1) is 10.5 Å². The number of tetrazole rings is 1. The number of para-hydroxylation sites is 1. The Morgan fingerprint density at radius 3 is 2.58 bits per heavy atom. The molecular formula is C21H16N6O4. The van der Waals surface area contributed by atoms with Crippen molar-refractivity contribution in [3.05, 3.63) is 88.5 Å². The van der Waals surface area contributed by atoms with E-state index < -0.39 is 10.8 Å². The smallest absolute Gasteiger partial charge is 0.270 e. The van der Waals surface area contributed by atoms with Crippen molar-refractivity contribution in [3.63, 3.8) is 0 Å². The molecule has 0 unspecified atom stereocenters. The van der Waals surface area contributed by atoms with E-state index in [4.69, 9.17) is 4.74 Å². The minimum Gasteiger partial charge on any atom is -0.457 e. The maximum atomic E-state index is 13.0. The summed E-state index contributed by atoms with van der Waals surface area (Å²) < 4.78 is 7.30. The van der Waals surface area contributed by atoms with E-state index in [1.807, 2.05) is 6.07 Å². The molecule has 0 spiro atoms. The zero-order valence-corrected chi connectivity index (χ0v) is 16.3. The van der Waals surface area contributed by atoms with Crippen LogP contribution in [0, 0.1) is 10.1 Å². The first kappa shape index (κ1) is 19.7. The first-order valence-corrected chi connectivity index (χ1v) is 9.17. The predicted molar refractivity (Wildman–Crippen MR) is 112 cm³/mol. The molecule has 0 atom stereocenters. The molecule has 10 nitrogen and oxygen atoms in total. The van der Waals surface area contributed by atoms with Crippen LogP contribution in [0.2, 0.25) is 0 Å². The average molecular weight is 416 g/mol. The van der Waals surface area contributed by atoms with E-state index in [0.29, 0.717) is 22.8 Å². The van der Waals surface area contributed by atoms with Crippen molar-refractivity contribution in [1.29, 1.82) is 0 Å². The molecule has 0 bridgehead atoms. The van der Waals surface area contributed by atoms with Gasteiger partial charge in [-0.25, -0.2) is 4.68 Å². The lowest BCUT2D eigenvalue weighted by Crippen LogP contribution is -2.13. The average Bonchev–Trinajstić information content (AvgIpc) is 3.20. The topological polar surface area (TPSA) is 125 Å². The Morgan fingerprint density at radius 1 is 1.06 bits per heavy atom. The molecule has 10 heteroatoms. The third-order valence-corrected chi connectivity index (χ3v) is 4.39. The van der Waals surface area contributed by atoms with Gasteiger partial charge >= 0.3 is 0 Å². The first-order chi connectivity index (χ1) is 15.0. The van der Waals surface area contributed by atoms with E-state index in [0.717, 1.165) is 0 Å². The zero-order valence-electron chi connectivity index (χ0n) is 16.3. The highest BCUT2D eigenvalue weighted by Gasteiger charge is 2.19. The highest BCUT2D eigenvalue weighted by Crippen LogP contribution is 2.30. The second-order valence-corrected chi connectivity index (χ2v) is 6.51. The molecule has 31 heavy (non-hydrogen) atoms. The molecule has 0 fully saturated rings. The van der Waals surface area contributed by atoms with Gasteiger partial charge in [0.15, 0.2) is 5.82 Å². The third-order valence-electron chi connectivity index (χ3n) is 4.39. The van der Waals surface area contributed by atoms with Gasteiger partial charge in [-0.1, -0.05) is 30.3 Å². The van der Waals surface area contributed by atoms with E-state index in [1.54, 1.807) is 55.6 Å².